The van der Waals surface area contributed by atoms with Crippen LogP contribution < -0.4 is 10.6 Å². The van der Waals surface area contributed by atoms with Crippen molar-refractivity contribution < 1.29 is 0 Å². The fraction of sp³-hybridized carbons (Fsp3) is 0.429. The molecule has 3 aromatic rings. The zero-order valence-electron chi connectivity index (χ0n) is 16.7. The fourth-order valence-electron chi connectivity index (χ4n) is 3.79. The van der Waals surface area contributed by atoms with E-state index >= 15 is 0 Å². The first-order valence-electron chi connectivity index (χ1n) is 9.83. The molecule has 0 unspecified atom stereocenters. The predicted molar refractivity (Wildman–Crippen MR) is 113 cm³/mol. The molecule has 1 saturated carbocycles. The van der Waals surface area contributed by atoms with Crippen molar-refractivity contribution in [2.24, 2.45) is 0 Å². The summed E-state index contributed by atoms with van der Waals surface area (Å²) in [6, 6.07) is 9.27. The second-order valence-corrected chi connectivity index (χ2v) is 7.76. The maximum atomic E-state index is 4.72. The molecule has 2 N–H and O–H groups in total. The largest absolute Gasteiger partial charge is 0.351 e. The molecule has 0 aliphatic heterocycles. The van der Waals surface area contributed by atoms with Crippen molar-refractivity contribution >= 4 is 28.5 Å². The number of hydrogen-bond acceptors (Lipinski definition) is 7. The average molecular weight is 377 g/mol. The lowest BCUT2D eigenvalue weighted by Gasteiger charge is -2.32. The van der Waals surface area contributed by atoms with Gasteiger partial charge in [-0.1, -0.05) is 12.1 Å². The van der Waals surface area contributed by atoms with E-state index in [2.05, 4.69) is 63.6 Å². The van der Waals surface area contributed by atoms with Crippen LogP contribution in [0.15, 0.2) is 36.8 Å². The summed E-state index contributed by atoms with van der Waals surface area (Å²) in [6.45, 7) is 2.07. The maximum absolute atomic E-state index is 4.72. The molecule has 28 heavy (non-hydrogen) atoms. The third-order valence-electron chi connectivity index (χ3n) is 5.42. The Morgan fingerprint density at radius 1 is 1.04 bits per heavy atom. The van der Waals surface area contributed by atoms with E-state index in [0.717, 1.165) is 29.6 Å². The van der Waals surface area contributed by atoms with E-state index in [1.807, 2.05) is 12.1 Å². The molecule has 2 heterocycles. The molecule has 0 spiro atoms. The Hall–Kier alpha value is -2.80. The molecule has 0 bridgehead atoms. The third kappa shape index (κ3) is 4.20. The van der Waals surface area contributed by atoms with Gasteiger partial charge in [0.15, 0.2) is 5.82 Å². The van der Waals surface area contributed by atoms with E-state index in [-0.39, 0.29) is 0 Å². The summed E-state index contributed by atoms with van der Waals surface area (Å²) in [5, 5.41) is 6.87. The molecule has 2 aromatic heterocycles. The van der Waals surface area contributed by atoms with Crippen molar-refractivity contribution in [3.05, 3.63) is 42.4 Å². The quantitative estimate of drug-likeness (QED) is 0.701. The number of nitrogens with one attached hydrogen (secondary N) is 2. The number of aryl methyl sites for hydroxylation is 1. The molecule has 0 amide bonds. The molecule has 1 aliphatic carbocycles. The molecule has 7 heteroatoms. The summed E-state index contributed by atoms with van der Waals surface area (Å²) in [5.74, 6) is 1.33. The van der Waals surface area contributed by atoms with Gasteiger partial charge < -0.3 is 15.5 Å². The minimum atomic E-state index is 0.409. The molecule has 146 valence electrons. The van der Waals surface area contributed by atoms with Gasteiger partial charge >= 0.3 is 0 Å². The predicted octanol–water partition coefficient (Wildman–Crippen LogP) is 3.76. The molecular weight excluding hydrogens is 350 g/mol. The number of rotatable bonds is 5. The van der Waals surface area contributed by atoms with E-state index in [1.165, 1.54) is 18.4 Å². The SMILES string of the molecule is Cc1cccc(Nc2ncnc3cnc(NC4CCC(N(C)C)CC4)nc23)c1. The van der Waals surface area contributed by atoms with Crippen LogP contribution in [0.2, 0.25) is 0 Å². The third-order valence-corrected chi connectivity index (χ3v) is 5.42. The van der Waals surface area contributed by atoms with Gasteiger partial charge in [-0.05, 0) is 64.4 Å². The summed E-state index contributed by atoms with van der Waals surface area (Å²) < 4.78 is 0. The number of aromatic nitrogens is 4. The lowest BCUT2D eigenvalue weighted by Crippen LogP contribution is -2.36. The molecule has 1 fully saturated rings. The van der Waals surface area contributed by atoms with Gasteiger partial charge in [-0.3, -0.25) is 0 Å². The van der Waals surface area contributed by atoms with Gasteiger partial charge in [0.25, 0.3) is 0 Å². The van der Waals surface area contributed by atoms with Crippen molar-refractivity contribution in [3.63, 3.8) is 0 Å². The van der Waals surface area contributed by atoms with E-state index in [1.54, 1.807) is 12.5 Å². The van der Waals surface area contributed by atoms with Crippen molar-refractivity contribution in [1.29, 1.82) is 0 Å². The number of nitrogens with zero attached hydrogens (tertiary/aromatic N) is 5. The minimum Gasteiger partial charge on any atom is -0.351 e. The number of anilines is 3. The summed E-state index contributed by atoms with van der Waals surface area (Å²) in [5.41, 5.74) is 3.62. The summed E-state index contributed by atoms with van der Waals surface area (Å²) >= 11 is 0. The van der Waals surface area contributed by atoms with Gasteiger partial charge in [0.05, 0.1) is 6.20 Å². The van der Waals surface area contributed by atoms with Gasteiger partial charge in [-0.25, -0.2) is 19.9 Å². The van der Waals surface area contributed by atoms with Gasteiger partial charge in [0.2, 0.25) is 5.95 Å². The number of hydrogen-bond donors (Lipinski definition) is 2. The van der Waals surface area contributed by atoms with E-state index in [9.17, 15) is 0 Å². The van der Waals surface area contributed by atoms with Crippen LogP contribution in [0.4, 0.5) is 17.5 Å². The minimum absolute atomic E-state index is 0.409. The monoisotopic (exact) mass is 377 g/mol. The normalized spacial score (nSPS) is 19.7. The lowest BCUT2D eigenvalue weighted by molar-refractivity contribution is 0.221. The van der Waals surface area contributed by atoms with Crippen molar-refractivity contribution in [2.75, 3.05) is 24.7 Å². The Balaban J connectivity index is 1.53. The van der Waals surface area contributed by atoms with Gasteiger partial charge in [-0.15, -0.1) is 0 Å². The second kappa shape index (κ2) is 8.06. The van der Waals surface area contributed by atoms with Gasteiger partial charge in [0, 0.05) is 17.8 Å². The van der Waals surface area contributed by atoms with Crippen LogP contribution in [0.25, 0.3) is 11.0 Å². The van der Waals surface area contributed by atoms with Crippen LogP contribution in [0.5, 0.6) is 0 Å². The van der Waals surface area contributed by atoms with Crippen molar-refractivity contribution in [1.82, 2.24) is 24.8 Å². The van der Waals surface area contributed by atoms with Crippen LogP contribution >= 0.6 is 0 Å². The lowest BCUT2D eigenvalue weighted by atomic mass is 9.91. The first-order valence-corrected chi connectivity index (χ1v) is 9.83. The smallest absolute Gasteiger partial charge is 0.223 e. The molecule has 1 aromatic carbocycles. The first kappa shape index (κ1) is 18.6. The van der Waals surface area contributed by atoms with Crippen LogP contribution in [0.3, 0.4) is 0 Å². The Morgan fingerprint density at radius 3 is 2.61 bits per heavy atom. The van der Waals surface area contributed by atoms with Crippen molar-refractivity contribution in [3.8, 4) is 0 Å². The molecule has 4 rings (SSSR count). The maximum Gasteiger partial charge on any atom is 0.223 e. The summed E-state index contributed by atoms with van der Waals surface area (Å²) in [4.78, 5) is 20.2. The molecule has 0 radical (unpaired) electrons. The second-order valence-electron chi connectivity index (χ2n) is 7.76. The van der Waals surface area contributed by atoms with Crippen LogP contribution in [0.1, 0.15) is 31.2 Å². The summed E-state index contributed by atoms with van der Waals surface area (Å²) in [6.07, 6.45) is 7.95. The molecule has 1 aliphatic rings. The first-order chi connectivity index (χ1) is 13.6. The Kier molecular flexibility index (Phi) is 5.34. The molecule has 0 atom stereocenters. The van der Waals surface area contributed by atoms with E-state index in [4.69, 9.17) is 4.98 Å². The highest BCUT2D eigenvalue weighted by Crippen LogP contribution is 2.25. The zero-order valence-corrected chi connectivity index (χ0v) is 16.7. The highest BCUT2D eigenvalue weighted by atomic mass is 15.1. The average Bonchev–Trinajstić information content (AvgIpc) is 2.69. The number of benzene rings is 1. The molecular formula is C21H27N7. The fourth-order valence-corrected chi connectivity index (χ4v) is 3.79. The van der Waals surface area contributed by atoms with E-state index in [0.29, 0.717) is 23.8 Å². The Bertz CT molecular complexity index is 948. The van der Waals surface area contributed by atoms with Crippen LogP contribution in [-0.4, -0.2) is 51.0 Å². The van der Waals surface area contributed by atoms with Gasteiger partial charge in [0.1, 0.15) is 17.4 Å². The molecule has 0 saturated heterocycles. The van der Waals surface area contributed by atoms with E-state index < -0.39 is 0 Å². The Labute approximate surface area is 165 Å². The standard InChI is InChI=1S/C21H27N7/c1-14-5-4-6-16(11-14)25-20-19-18(23-13-24-20)12-22-21(27-19)26-15-7-9-17(10-8-15)28(2)3/h4-6,11-13,15,17H,7-10H2,1-3H3,(H,22,26,27)(H,23,24,25). The van der Waals surface area contributed by atoms with Crippen LogP contribution in [0, 0.1) is 6.92 Å². The van der Waals surface area contributed by atoms with Gasteiger partial charge in [-0.2, -0.15) is 0 Å². The topological polar surface area (TPSA) is 78.9 Å². The van der Waals surface area contributed by atoms with Crippen molar-refractivity contribution in [2.45, 2.75) is 44.7 Å². The summed E-state index contributed by atoms with van der Waals surface area (Å²) in [7, 11) is 4.32. The highest BCUT2D eigenvalue weighted by Gasteiger charge is 2.23. The Morgan fingerprint density at radius 2 is 1.86 bits per heavy atom. The van der Waals surface area contributed by atoms with Crippen LogP contribution in [-0.2, 0) is 0 Å². The highest BCUT2D eigenvalue weighted by molar-refractivity contribution is 5.87. The zero-order chi connectivity index (χ0) is 19.5. The molecule has 7 nitrogen and oxygen atoms in total. The number of fused-ring (bicyclic) bond motifs is 1.